The van der Waals surface area contributed by atoms with Gasteiger partial charge in [0.2, 0.25) is 0 Å². The second-order valence-electron chi connectivity index (χ2n) is 6.40. The Morgan fingerprint density at radius 3 is 2.96 bits per heavy atom. The van der Waals surface area contributed by atoms with Crippen LogP contribution in [0.5, 0.6) is 0 Å². The third kappa shape index (κ3) is 2.71. The molecule has 1 saturated heterocycles. The highest BCUT2D eigenvalue weighted by molar-refractivity contribution is 5.97. The molecule has 1 aromatic carbocycles. The van der Waals surface area contributed by atoms with E-state index in [4.69, 9.17) is 4.42 Å². The highest BCUT2D eigenvalue weighted by atomic mass is 16.4. The van der Waals surface area contributed by atoms with Crippen molar-refractivity contribution in [3.8, 4) is 0 Å². The molecule has 7 heteroatoms. The van der Waals surface area contributed by atoms with Crippen molar-refractivity contribution in [1.82, 2.24) is 19.4 Å². The highest BCUT2D eigenvalue weighted by Gasteiger charge is 2.30. The van der Waals surface area contributed by atoms with Crippen LogP contribution in [-0.2, 0) is 7.05 Å². The van der Waals surface area contributed by atoms with Crippen LogP contribution in [0, 0.1) is 6.92 Å². The van der Waals surface area contributed by atoms with Gasteiger partial charge in [-0.3, -0.25) is 9.36 Å². The second-order valence-corrected chi connectivity index (χ2v) is 6.40. The first-order chi connectivity index (χ1) is 12.0. The number of hydrogen-bond donors (Lipinski definition) is 0. The Bertz CT molecular complexity index is 1020. The molecule has 7 nitrogen and oxygen atoms in total. The molecule has 1 amide bonds. The molecule has 1 atom stereocenters. The van der Waals surface area contributed by atoms with Crippen molar-refractivity contribution < 1.29 is 9.21 Å². The van der Waals surface area contributed by atoms with Gasteiger partial charge < -0.3 is 9.32 Å². The summed E-state index contributed by atoms with van der Waals surface area (Å²) in [6.07, 6.45) is 2.61. The van der Waals surface area contributed by atoms with Crippen molar-refractivity contribution in [3.63, 3.8) is 0 Å². The SMILES string of the molecule is Cc1ccnc([C@H]2CCN(C(=O)c3ccc4oc(=O)n(C)c4c3)C2)n1. The number of rotatable bonds is 2. The van der Waals surface area contributed by atoms with Gasteiger partial charge in [-0.25, -0.2) is 14.8 Å². The van der Waals surface area contributed by atoms with Crippen LogP contribution in [0.1, 0.15) is 34.2 Å². The predicted octanol–water partition coefficient (Wildman–Crippen LogP) is 1.86. The van der Waals surface area contributed by atoms with E-state index in [-0.39, 0.29) is 11.8 Å². The number of carbonyl (C=O) groups is 1. The molecule has 0 bridgehead atoms. The molecule has 2 aromatic heterocycles. The van der Waals surface area contributed by atoms with E-state index in [1.165, 1.54) is 4.57 Å². The first kappa shape index (κ1) is 15.6. The third-order valence-corrected chi connectivity index (χ3v) is 4.69. The van der Waals surface area contributed by atoms with Crippen molar-refractivity contribution in [2.75, 3.05) is 13.1 Å². The quantitative estimate of drug-likeness (QED) is 0.712. The summed E-state index contributed by atoms with van der Waals surface area (Å²) in [6.45, 7) is 3.21. The molecule has 1 aliphatic heterocycles. The summed E-state index contributed by atoms with van der Waals surface area (Å²) < 4.78 is 6.51. The molecule has 1 fully saturated rings. The first-order valence-electron chi connectivity index (χ1n) is 8.21. The minimum atomic E-state index is -0.433. The molecule has 0 radical (unpaired) electrons. The molecular formula is C18H18N4O3. The number of aryl methyl sites for hydroxylation is 2. The molecule has 3 heterocycles. The van der Waals surface area contributed by atoms with Crippen LogP contribution in [0.2, 0.25) is 0 Å². The van der Waals surface area contributed by atoms with Gasteiger partial charge in [-0.05, 0) is 37.6 Å². The Morgan fingerprint density at radius 1 is 1.32 bits per heavy atom. The van der Waals surface area contributed by atoms with E-state index in [1.807, 2.05) is 17.9 Å². The summed E-state index contributed by atoms with van der Waals surface area (Å²) in [5, 5.41) is 0. The monoisotopic (exact) mass is 338 g/mol. The fourth-order valence-electron chi connectivity index (χ4n) is 3.26. The number of oxazole rings is 1. The molecule has 4 rings (SSSR count). The maximum absolute atomic E-state index is 12.8. The minimum Gasteiger partial charge on any atom is -0.408 e. The fraction of sp³-hybridized carbons (Fsp3) is 0.333. The van der Waals surface area contributed by atoms with Gasteiger partial charge in [0.1, 0.15) is 5.82 Å². The van der Waals surface area contributed by atoms with Crippen LogP contribution in [0.4, 0.5) is 0 Å². The zero-order valence-electron chi connectivity index (χ0n) is 14.1. The Hall–Kier alpha value is -2.96. The van der Waals surface area contributed by atoms with Gasteiger partial charge in [0.05, 0.1) is 5.52 Å². The molecule has 0 unspecified atom stereocenters. The lowest BCUT2D eigenvalue weighted by Gasteiger charge is -2.16. The lowest BCUT2D eigenvalue weighted by atomic mass is 10.1. The zero-order valence-corrected chi connectivity index (χ0v) is 14.1. The van der Waals surface area contributed by atoms with E-state index in [0.29, 0.717) is 29.8 Å². The summed E-state index contributed by atoms with van der Waals surface area (Å²) in [6, 6.07) is 6.94. The molecular weight excluding hydrogens is 320 g/mol. The lowest BCUT2D eigenvalue weighted by Crippen LogP contribution is -2.28. The number of likely N-dealkylation sites (tertiary alicyclic amines) is 1. The van der Waals surface area contributed by atoms with Crippen molar-refractivity contribution in [2.45, 2.75) is 19.3 Å². The Balaban J connectivity index is 1.57. The molecule has 128 valence electrons. The van der Waals surface area contributed by atoms with Crippen molar-refractivity contribution in [3.05, 3.63) is 58.1 Å². The van der Waals surface area contributed by atoms with Crippen LogP contribution in [-0.4, -0.2) is 38.4 Å². The average Bonchev–Trinajstić information content (AvgIpc) is 3.20. The van der Waals surface area contributed by atoms with Crippen molar-refractivity contribution in [1.29, 1.82) is 0 Å². The summed E-state index contributed by atoms with van der Waals surface area (Å²) in [5.41, 5.74) is 2.58. The van der Waals surface area contributed by atoms with Crippen molar-refractivity contribution in [2.24, 2.45) is 7.05 Å². The number of carbonyl (C=O) groups excluding carboxylic acids is 1. The smallest absolute Gasteiger partial charge is 0.408 e. The third-order valence-electron chi connectivity index (χ3n) is 4.69. The molecule has 0 saturated carbocycles. The minimum absolute atomic E-state index is 0.0503. The fourth-order valence-corrected chi connectivity index (χ4v) is 3.26. The van der Waals surface area contributed by atoms with Gasteiger partial charge in [0, 0.05) is 43.5 Å². The van der Waals surface area contributed by atoms with E-state index >= 15 is 0 Å². The maximum atomic E-state index is 12.8. The van der Waals surface area contributed by atoms with Gasteiger partial charge in [-0.1, -0.05) is 0 Å². The Kier molecular flexibility index (Phi) is 3.63. The van der Waals surface area contributed by atoms with Gasteiger partial charge in [0.25, 0.3) is 5.91 Å². The average molecular weight is 338 g/mol. The van der Waals surface area contributed by atoms with Crippen LogP contribution < -0.4 is 5.76 Å². The molecule has 0 N–H and O–H groups in total. The number of aromatic nitrogens is 3. The lowest BCUT2D eigenvalue weighted by molar-refractivity contribution is 0.0790. The van der Waals surface area contributed by atoms with Crippen LogP contribution in [0.3, 0.4) is 0 Å². The largest absolute Gasteiger partial charge is 0.419 e. The zero-order chi connectivity index (χ0) is 17.6. The van der Waals surface area contributed by atoms with Crippen LogP contribution in [0.25, 0.3) is 11.1 Å². The van der Waals surface area contributed by atoms with E-state index in [0.717, 1.165) is 17.9 Å². The standard InChI is InChI=1S/C18H18N4O3/c1-11-5-7-19-16(20-11)13-6-8-22(10-13)17(23)12-3-4-15-14(9-12)21(2)18(24)25-15/h3-5,7,9,13H,6,8,10H2,1-2H3/t13-/m0/s1. The molecule has 0 aliphatic carbocycles. The summed E-state index contributed by atoms with van der Waals surface area (Å²) in [5.74, 6) is 0.469. The molecule has 0 spiro atoms. The summed E-state index contributed by atoms with van der Waals surface area (Å²) in [7, 11) is 1.63. The Labute approximate surface area is 143 Å². The number of amides is 1. The van der Waals surface area contributed by atoms with Gasteiger partial charge in [0.15, 0.2) is 5.58 Å². The number of benzene rings is 1. The van der Waals surface area contributed by atoms with Gasteiger partial charge in [-0.2, -0.15) is 0 Å². The predicted molar refractivity (Wildman–Crippen MR) is 91.5 cm³/mol. The summed E-state index contributed by atoms with van der Waals surface area (Å²) >= 11 is 0. The number of hydrogen-bond acceptors (Lipinski definition) is 5. The van der Waals surface area contributed by atoms with Crippen LogP contribution in [0.15, 0.2) is 39.7 Å². The van der Waals surface area contributed by atoms with Crippen LogP contribution >= 0.6 is 0 Å². The van der Waals surface area contributed by atoms with Gasteiger partial charge >= 0.3 is 5.76 Å². The molecule has 3 aromatic rings. The van der Waals surface area contributed by atoms with E-state index in [1.54, 1.807) is 31.4 Å². The maximum Gasteiger partial charge on any atom is 0.419 e. The topological polar surface area (TPSA) is 81.2 Å². The van der Waals surface area contributed by atoms with E-state index in [2.05, 4.69) is 9.97 Å². The van der Waals surface area contributed by atoms with E-state index in [9.17, 15) is 9.59 Å². The molecule has 1 aliphatic rings. The summed E-state index contributed by atoms with van der Waals surface area (Å²) in [4.78, 5) is 35.0. The van der Waals surface area contributed by atoms with Gasteiger partial charge in [-0.15, -0.1) is 0 Å². The van der Waals surface area contributed by atoms with Crippen molar-refractivity contribution >= 4 is 17.0 Å². The Morgan fingerprint density at radius 2 is 2.16 bits per heavy atom. The number of nitrogens with zero attached hydrogens (tertiary/aromatic N) is 4. The second kappa shape index (κ2) is 5.84. The normalized spacial score (nSPS) is 17.4. The van der Waals surface area contributed by atoms with E-state index < -0.39 is 5.76 Å². The molecule has 25 heavy (non-hydrogen) atoms. The first-order valence-corrected chi connectivity index (χ1v) is 8.21. The number of fused-ring (bicyclic) bond motifs is 1. The highest BCUT2D eigenvalue weighted by Crippen LogP contribution is 2.26.